The fourth-order valence-corrected chi connectivity index (χ4v) is 3.84. The lowest BCUT2D eigenvalue weighted by Gasteiger charge is -2.22. The summed E-state index contributed by atoms with van der Waals surface area (Å²) in [5.74, 6) is -0.132. The van der Waals surface area contributed by atoms with Crippen molar-refractivity contribution in [2.24, 2.45) is 0 Å². The van der Waals surface area contributed by atoms with Crippen molar-refractivity contribution in [2.75, 3.05) is 25.1 Å². The molecule has 1 saturated heterocycles. The first-order valence-electron chi connectivity index (χ1n) is 8.22. The minimum Gasteiger partial charge on any atom is -0.465 e. The van der Waals surface area contributed by atoms with Gasteiger partial charge in [-0.2, -0.15) is 0 Å². The van der Waals surface area contributed by atoms with E-state index in [9.17, 15) is 13.2 Å². The van der Waals surface area contributed by atoms with E-state index in [4.69, 9.17) is 9.57 Å². The van der Waals surface area contributed by atoms with Crippen molar-refractivity contribution in [3.8, 4) is 5.75 Å². The summed E-state index contributed by atoms with van der Waals surface area (Å²) in [5, 5.41) is 0. The number of nitrogens with one attached hydrogen (secondary N) is 1. The summed E-state index contributed by atoms with van der Waals surface area (Å²) >= 11 is 0. The van der Waals surface area contributed by atoms with Gasteiger partial charge in [0.15, 0.2) is 0 Å². The zero-order valence-corrected chi connectivity index (χ0v) is 15.2. The molecule has 0 aliphatic carbocycles. The van der Waals surface area contributed by atoms with Gasteiger partial charge in [-0.25, -0.2) is 13.2 Å². The highest BCUT2D eigenvalue weighted by Gasteiger charge is 2.26. The molecule has 0 atom stereocenters. The van der Waals surface area contributed by atoms with Gasteiger partial charge in [-0.3, -0.25) is 0 Å². The molecular weight excluding hydrogens is 356 g/mol. The normalized spacial score (nSPS) is 14.3. The first-order chi connectivity index (χ1) is 12.5. The number of methoxy groups -OCH3 is 1. The van der Waals surface area contributed by atoms with Crippen LogP contribution >= 0.6 is 0 Å². The largest absolute Gasteiger partial charge is 0.465 e. The number of nitrogens with zero attached hydrogens (tertiary/aromatic N) is 1. The molecule has 1 N–H and O–H groups in total. The molecule has 8 heteroatoms. The summed E-state index contributed by atoms with van der Waals surface area (Å²) in [6, 6.07) is 13.0. The van der Waals surface area contributed by atoms with Crippen LogP contribution in [0.5, 0.6) is 5.75 Å². The second-order valence-electron chi connectivity index (χ2n) is 5.87. The van der Waals surface area contributed by atoms with Crippen molar-refractivity contribution >= 4 is 21.7 Å². The Kier molecular flexibility index (Phi) is 5.43. The molecule has 2 aromatic rings. The number of rotatable bonds is 6. The summed E-state index contributed by atoms with van der Waals surface area (Å²) < 4.78 is 30.2. The predicted octanol–water partition coefficient (Wildman–Crippen LogP) is 2.35. The van der Waals surface area contributed by atoms with Crippen LogP contribution in [0.25, 0.3) is 0 Å². The molecule has 0 aromatic heterocycles. The van der Waals surface area contributed by atoms with E-state index in [-0.39, 0.29) is 4.90 Å². The van der Waals surface area contributed by atoms with Crippen molar-refractivity contribution in [2.45, 2.75) is 17.7 Å². The molecule has 1 fully saturated rings. The highest BCUT2D eigenvalue weighted by atomic mass is 32.2. The van der Waals surface area contributed by atoms with Crippen LogP contribution in [-0.4, -0.2) is 34.6 Å². The quantitative estimate of drug-likeness (QED) is 0.615. The monoisotopic (exact) mass is 376 g/mol. The summed E-state index contributed by atoms with van der Waals surface area (Å²) in [6.45, 7) is 1.46. The third-order valence-electron chi connectivity index (χ3n) is 4.13. The van der Waals surface area contributed by atoms with E-state index in [0.717, 1.165) is 25.9 Å². The number of benzene rings is 2. The average Bonchev–Trinajstić information content (AvgIpc) is 3.21. The molecule has 0 saturated carbocycles. The Balaban J connectivity index is 1.92. The minimum absolute atomic E-state index is 0.0583. The smallest absolute Gasteiger partial charge is 0.337 e. The Labute approximate surface area is 152 Å². The maximum absolute atomic E-state index is 12.8. The van der Waals surface area contributed by atoms with Crippen LogP contribution in [0.2, 0.25) is 0 Å². The fraction of sp³-hybridized carbons (Fsp3) is 0.278. The van der Waals surface area contributed by atoms with E-state index in [1.165, 1.54) is 19.2 Å². The highest BCUT2D eigenvalue weighted by Crippen LogP contribution is 2.30. The van der Waals surface area contributed by atoms with Crippen molar-refractivity contribution in [3.63, 3.8) is 0 Å². The molecule has 7 nitrogen and oxygen atoms in total. The fourth-order valence-electron chi connectivity index (χ4n) is 2.83. The van der Waals surface area contributed by atoms with E-state index >= 15 is 0 Å². The Morgan fingerprint density at radius 3 is 2.42 bits per heavy atom. The molecule has 138 valence electrons. The lowest BCUT2D eigenvalue weighted by molar-refractivity contribution is 0.0600. The molecule has 0 bridgehead atoms. The zero-order valence-electron chi connectivity index (χ0n) is 14.3. The van der Waals surface area contributed by atoms with Gasteiger partial charge in [0.2, 0.25) is 0 Å². The van der Waals surface area contributed by atoms with E-state index in [1.54, 1.807) is 36.4 Å². The van der Waals surface area contributed by atoms with Gasteiger partial charge in [-0.1, -0.05) is 18.2 Å². The van der Waals surface area contributed by atoms with Crippen molar-refractivity contribution in [3.05, 3.63) is 54.1 Å². The van der Waals surface area contributed by atoms with Crippen molar-refractivity contribution in [1.82, 2.24) is 4.89 Å². The topological polar surface area (TPSA) is 84.9 Å². The number of carbonyl (C=O) groups is 1. The molecule has 26 heavy (non-hydrogen) atoms. The number of carbonyl (C=O) groups excluding carboxylic acids is 1. The predicted molar refractivity (Wildman–Crippen MR) is 96.6 cm³/mol. The van der Waals surface area contributed by atoms with Crippen molar-refractivity contribution < 1.29 is 22.8 Å². The molecule has 1 heterocycles. The first kappa shape index (κ1) is 18.2. The SMILES string of the molecule is COC(=O)c1ccc(S(=O)(=O)NOc2ccccc2)c(N2CCCC2)c1. The van der Waals surface area contributed by atoms with Gasteiger partial charge in [0.05, 0.1) is 18.4 Å². The summed E-state index contributed by atoms with van der Waals surface area (Å²) in [5.41, 5.74) is 0.770. The Bertz CT molecular complexity index is 878. The van der Waals surface area contributed by atoms with Crippen LogP contribution < -0.4 is 14.6 Å². The van der Waals surface area contributed by atoms with Crippen LogP contribution in [0.3, 0.4) is 0 Å². The molecule has 1 aliphatic heterocycles. The number of ether oxygens (including phenoxy) is 1. The number of hydrogen-bond acceptors (Lipinski definition) is 6. The Morgan fingerprint density at radius 2 is 1.77 bits per heavy atom. The van der Waals surface area contributed by atoms with Gasteiger partial charge in [0.25, 0.3) is 10.0 Å². The molecule has 1 aliphatic rings. The molecular formula is C18H20N2O5S. The lowest BCUT2D eigenvalue weighted by Crippen LogP contribution is -2.30. The molecule has 0 amide bonds. The number of hydrogen-bond donors (Lipinski definition) is 1. The molecule has 0 unspecified atom stereocenters. The average molecular weight is 376 g/mol. The minimum atomic E-state index is -3.94. The second-order valence-corrected chi connectivity index (χ2v) is 7.48. The number of anilines is 1. The third-order valence-corrected chi connectivity index (χ3v) is 5.36. The molecule has 2 aromatic carbocycles. The first-order valence-corrected chi connectivity index (χ1v) is 9.70. The maximum atomic E-state index is 12.8. The molecule has 0 radical (unpaired) electrons. The summed E-state index contributed by atoms with van der Waals surface area (Å²) in [6.07, 6.45) is 1.94. The van der Waals surface area contributed by atoms with Gasteiger partial charge in [-0.15, -0.1) is 0 Å². The van der Waals surface area contributed by atoms with Gasteiger partial charge in [0.1, 0.15) is 10.6 Å². The van der Waals surface area contributed by atoms with Gasteiger partial charge in [0, 0.05) is 13.1 Å². The van der Waals surface area contributed by atoms with Gasteiger partial charge in [-0.05, 0) is 48.1 Å². The number of para-hydroxylation sites is 1. The number of sulfonamides is 1. The number of esters is 1. The van der Waals surface area contributed by atoms with E-state index in [0.29, 0.717) is 17.0 Å². The van der Waals surface area contributed by atoms with Crippen LogP contribution in [0.15, 0.2) is 53.4 Å². The van der Waals surface area contributed by atoms with Crippen LogP contribution in [0.4, 0.5) is 5.69 Å². The lowest BCUT2D eigenvalue weighted by atomic mass is 10.2. The van der Waals surface area contributed by atoms with Crippen LogP contribution in [0.1, 0.15) is 23.2 Å². The van der Waals surface area contributed by atoms with Crippen LogP contribution in [0, 0.1) is 0 Å². The summed E-state index contributed by atoms with van der Waals surface area (Å²) in [7, 11) is -2.65. The van der Waals surface area contributed by atoms with E-state index < -0.39 is 16.0 Å². The maximum Gasteiger partial charge on any atom is 0.337 e. The Morgan fingerprint density at radius 1 is 1.08 bits per heavy atom. The standard InChI is InChI=1S/C18H20N2O5S/c1-24-18(21)14-9-10-17(16(13-14)20-11-5-6-12-20)26(22,23)19-25-15-7-3-2-4-8-15/h2-4,7-10,13,19H,5-6,11-12H2,1H3. The van der Waals surface area contributed by atoms with Gasteiger partial charge >= 0.3 is 5.97 Å². The second kappa shape index (κ2) is 7.76. The van der Waals surface area contributed by atoms with Crippen LogP contribution in [-0.2, 0) is 14.8 Å². The Hall–Kier alpha value is -2.58. The zero-order chi connectivity index (χ0) is 18.6. The highest BCUT2D eigenvalue weighted by molar-refractivity contribution is 7.89. The summed E-state index contributed by atoms with van der Waals surface area (Å²) in [4.78, 5) is 21.2. The van der Waals surface area contributed by atoms with Gasteiger partial charge < -0.3 is 14.5 Å². The molecule has 0 spiro atoms. The van der Waals surface area contributed by atoms with E-state index in [2.05, 4.69) is 4.89 Å². The molecule has 3 rings (SSSR count). The van der Waals surface area contributed by atoms with E-state index in [1.807, 2.05) is 4.90 Å². The third kappa shape index (κ3) is 3.97. The van der Waals surface area contributed by atoms with Crippen molar-refractivity contribution in [1.29, 1.82) is 0 Å².